The van der Waals surface area contributed by atoms with Gasteiger partial charge in [0, 0.05) is 11.1 Å². The summed E-state index contributed by atoms with van der Waals surface area (Å²) in [5.41, 5.74) is 9.67. The van der Waals surface area contributed by atoms with Gasteiger partial charge in [0.1, 0.15) is 6.04 Å². The highest BCUT2D eigenvalue weighted by molar-refractivity contribution is 5.82. The average Bonchev–Trinajstić information content (AvgIpc) is 2.67. The van der Waals surface area contributed by atoms with Crippen LogP contribution in [-0.2, 0) is 0 Å². The normalized spacial score (nSPS) is 12.0. The van der Waals surface area contributed by atoms with Crippen LogP contribution in [0.1, 0.15) is 11.6 Å². The van der Waals surface area contributed by atoms with E-state index in [1.807, 2.05) is 35.6 Å². The van der Waals surface area contributed by atoms with Crippen LogP contribution in [0.15, 0.2) is 66.9 Å². The quantitative estimate of drug-likeness (QED) is 0.615. The number of halogens is 2. The summed E-state index contributed by atoms with van der Waals surface area (Å²) in [5.74, 6) is 0. The van der Waals surface area contributed by atoms with E-state index in [-0.39, 0.29) is 5.56 Å². The molecule has 0 fully saturated rings. The van der Waals surface area contributed by atoms with Crippen molar-refractivity contribution in [3.63, 3.8) is 0 Å². The van der Waals surface area contributed by atoms with Gasteiger partial charge in [0.05, 0.1) is 17.6 Å². The highest BCUT2D eigenvalue weighted by Gasteiger charge is 2.24. The van der Waals surface area contributed by atoms with Gasteiger partial charge >= 0.3 is 6.09 Å². The van der Waals surface area contributed by atoms with Crippen LogP contribution >= 0.6 is 0 Å². The van der Waals surface area contributed by atoms with Crippen molar-refractivity contribution in [1.29, 1.82) is 0 Å². The van der Waals surface area contributed by atoms with E-state index in [4.69, 9.17) is 10.8 Å². The summed E-state index contributed by atoms with van der Waals surface area (Å²) in [6.07, 6.45) is -2.83. The molecule has 3 aromatic rings. The Morgan fingerprint density at radius 3 is 2.30 bits per heavy atom. The average molecular weight is 369 g/mol. The van der Waals surface area contributed by atoms with Crippen molar-refractivity contribution in [3.8, 4) is 22.4 Å². The molecule has 1 aromatic heterocycles. The third-order valence-corrected chi connectivity index (χ3v) is 4.07. The SMILES string of the molecule is Nc1cnc(-c2ccc(C(NC(=O)O)C(F)F)cc2)c(-c2ccccc2)c1. The number of anilines is 1. The first-order chi connectivity index (χ1) is 13.0. The van der Waals surface area contributed by atoms with Gasteiger partial charge in [-0.05, 0) is 17.2 Å². The predicted molar refractivity (Wildman–Crippen MR) is 99.4 cm³/mol. The molecule has 0 aliphatic heterocycles. The van der Waals surface area contributed by atoms with Crippen molar-refractivity contribution in [2.75, 3.05) is 5.73 Å². The van der Waals surface area contributed by atoms with Crippen LogP contribution in [0.3, 0.4) is 0 Å². The second-order valence-corrected chi connectivity index (χ2v) is 5.91. The highest BCUT2D eigenvalue weighted by atomic mass is 19.3. The van der Waals surface area contributed by atoms with Crippen LogP contribution in [0.5, 0.6) is 0 Å². The molecule has 1 unspecified atom stereocenters. The van der Waals surface area contributed by atoms with Crippen molar-refractivity contribution < 1.29 is 18.7 Å². The van der Waals surface area contributed by atoms with Crippen molar-refractivity contribution in [3.05, 3.63) is 72.4 Å². The van der Waals surface area contributed by atoms with Crippen LogP contribution < -0.4 is 11.1 Å². The van der Waals surface area contributed by atoms with E-state index in [1.54, 1.807) is 18.2 Å². The monoisotopic (exact) mass is 369 g/mol. The number of nitrogens with zero attached hydrogens (tertiary/aromatic N) is 1. The summed E-state index contributed by atoms with van der Waals surface area (Å²) in [6, 6.07) is 16.0. The topological polar surface area (TPSA) is 88.2 Å². The fourth-order valence-corrected chi connectivity index (χ4v) is 2.82. The Balaban J connectivity index is 2.00. The minimum absolute atomic E-state index is 0.174. The number of carbonyl (C=O) groups is 1. The highest BCUT2D eigenvalue weighted by Crippen LogP contribution is 2.32. The van der Waals surface area contributed by atoms with Gasteiger partial charge in [-0.25, -0.2) is 13.6 Å². The Kier molecular flexibility index (Phi) is 5.30. The number of nitrogen functional groups attached to an aromatic ring is 1. The Morgan fingerprint density at radius 2 is 1.70 bits per heavy atom. The fourth-order valence-electron chi connectivity index (χ4n) is 2.82. The Morgan fingerprint density at radius 1 is 1.04 bits per heavy atom. The lowest BCUT2D eigenvalue weighted by Gasteiger charge is -2.17. The molecule has 0 radical (unpaired) electrons. The maximum atomic E-state index is 13.1. The van der Waals surface area contributed by atoms with Gasteiger partial charge in [0.25, 0.3) is 6.43 Å². The first kappa shape index (κ1) is 18.3. The zero-order valence-electron chi connectivity index (χ0n) is 14.1. The van der Waals surface area contributed by atoms with Crippen LogP contribution in [0.25, 0.3) is 22.4 Å². The molecule has 138 valence electrons. The molecular formula is C20H17F2N3O2. The molecule has 0 spiro atoms. The van der Waals surface area contributed by atoms with E-state index in [9.17, 15) is 13.6 Å². The molecular weight excluding hydrogens is 352 g/mol. The second kappa shape index (κ2) is 7.82. The van der Waals surface area contributed by atoms with Gasteiger partial charge in [-0.3, -0.25) is 4.98 Å². The molecule has 1 atom stereocenters. The van der Waals surface area contributed by atoms with Crippen LogP contribution in [-0.4, -0.2) is 22.6 Å². The Labute approximate surface area is 154 Å². The predicted octanol–water partition coefficient (Wildman–Crippen LogP) is 4.57. The number of aromatic nitrogens is 1. The van der Waals surface area contributed by atoms with E-state index < -0.39 is 18.6 Å². The smallest absolute Gasteiger partial charge is 0.405 e. The number of amides is 1. The lowest BCUT2D eigenvalue weighted by atomic mass is 9.97. The summed E-state index contributed by atoms with van der Waals surface area (Å²) >= 11 is 0. The first-order valence-corrected chi connectivity index (χ1v) is 8.14. The first-order valence-electron chi connectivity index (χ1n) is 8.14. The van der Waals surface area contributed by atoms with Gasteiger partial charge in [-0.1, -0.05) is 54.6 Å². The molecule has 3 rings (SSSR count). The molecule has 0 saturated heterocycles. The van der Waals surface area contributed by atoms with E-state index in [1.165, 1.54) is 18.3 Å². The number of hydrogen-bond donors (Lipinski definition) is 3. The maximum Gasteiger partial charge on any atom is 0.405 e. The second-order valence-electron chi connectivity index (χ2n) is 5.91. The molecule has 7 heteroatoms. The number of benzene rings is 2. The molecule has 0 saturated carbocycles. The van der Waals surface area contributed by atoms with Crippen molar-refractivity contribution >= 4 is 11.8 Å². The number of pyridine rings is 1. The van der Waals surface area contributed by atoms with Crippen molar-refractivity contribution in [2.24, 2.45) is 0 Å². The lowest BCUT2D eigenvalue weighted by Crippen LogP contribution is -2.31. The molecule has 1 heterocycles. The molecule has 1 amide bonds. The zero-order chi connectivity index (χ0) is 19.4. The zero-order valence-corrected chi connectivity index (χ0v) is 14.1. The molecule has 0 aliphatic rings. The van der Waals surface area contributed by atoms with Crippen LogP contribution in [0, 0.1) is 0 Å². The summed E-state index contributed by atoms with van der Waals surface area (Å²) < 4.78 is 26.3. The standard InChI is InChI=1S/C20H17F2N3O2/c21-19(22)18(25-20(26)27)14-8-6-13(7-9-14)17-16(10-15(23)11-24-17)12-4-2-1-3-5-12/h1-11,18-19,25H,23H2,(H,26,27). The molecule has 4 N–H and O–H groups in total. The number of carboxylic acid groups (broad SMARTS) is 1. The number of rotatable bonds is 5. The molecule has 2 aromatic carbocycles. The third kappa shape index (κ3) is 4.20. The number of alkyl halides is 2. The minimum Gasteiger partial charge on any atom is -0.465 e. The fraction of sp³-hybridized carbons (Fsp3) is 0.100. The van der Waals surface area contributed by atoms with E-state index in [2.05, 4.69) is 4.98 Å². The Hall–Kier alpha value is -3.48. The van der Waals surface area contributed by atoms with Crippen LogP contribution in [0.2, 0.25) is 0 Å². The third-order valence-electron chi connectivity index (χ3n) is 4.07. The Bertz CT molecular complexity index is 932. The molecule has 0 bridgehead atoms. The summed E-state index contributed by atoms with van der Waals surface area (Å²) in [4.78, 5) is 15.1. The van der Waals surface area contributed by atoms with Crippen LogP contribution in [0.4, 0.5) is 19.3 Å². The van der Waals surface area contributed by atoms with E-state index in [0.717, 1.165) is 11.1 Å². The van der Waals surface area contributed by atoms with Crippen molar-refractivity contribution in [1.82, 2.24) is 10.3 Å². The van der Waals surface area contributed by atoms with Gasteiger partial charge in [0.2, 0.25) is 0 Å². The molecule has 27 heavy (non-hydrogen) atoms. The number of nitrogens with one attached hydrogen (secondary N) is 1. The summed E-state index contributed by atoms with van der Waals surface area (Å²) in [7, 11) is 0. The minimum atomic E-state index is -2.86. The number of hydrogen-bond acceptors (Lipinski definition) is 3. The maximum absolute atomic E-state index is 13.1. The molecule has 5 nitrogen and oxygen atoms in total. The largest absolute Gasteiger partial charge is 0.465 e. The van der Waals surface area contributed by atoms with Gasteiger partial charge < -0.3 is 16.2 Å². The summed E-state index contributed by atoms with van der Waals surface area (Å²) in [5, 5.41) is 10.6. The van der Waals surface area contributed by atoms with Gasteiger partial charge in [-0.15, -0.1) is 0 Å². The summed E-state index contributed by atoms with van der Waals surface area (Å²) in [6.45, 7) is 0. The lowest BCUT2D eigenvalue weighted by molar-refractivity contribution is 0.0944. The van der Waals surface area contributed by atoms with Gasteiger partial charge in [-0.2, -0.15) is 0 Å². The van der Waals surface area contributed by atoms with E-state index >= 15 is 0 Å². The van der Waals surface area contributed by atoms with E-state index in [0.29, 0.717) is 16.9 Å². The van der Waals surface area contributed by atoms with Crippen molar-refractivity contribution in [2.45, 2.75) is 12.5 Å². The number of nitrogens with two attached hydrogens (primary N) is 1. The van der Waals surface area contributed by atoms with Gasteiger partial charge in [0.15, 0.2) is 0 Å². The molecule has 0 aliphatic carbocycles.